The van der Waals surface area contributed by atoms with Crippen LogP contribution in [0, 0.1) is 0 Å². The Morgan fingerprint density at radius 3 is 2.54 bits per heavy atom. The highest BCUT2D eigenvalue weighted by molar-refractivity contribution is 5.79. The van der Waals surface area contributed by atoms with Crippen molar-refractivity contribution >= 4 is 6.21 Å². The number of hydrogen-bond acceptors (Lipinski definition) is 2. The molecular formula is C11H15NO. The first-order chi connectivity index (χ1) is 6.36. The van der Waals surface area contributed by atoms with Crippen LogP contribution in [0.1, 0.15) is 18.9 Å². The number of rotatable bonds is 4. The van der Waals surface area contributed by atoms with Gasteiger partial charge in [-0.05, 0) is 36.2 Å². The molecule has 13 heavy (non-hydrogen) atoms. The van der Waals surface area contributed by atoms with Crippen molar-refractivity contribution in [1.29, 1.82) is 0 Å². The Balaban J connectivity index is 2.58. The van der Waals surface area contributed by atoms with E-state index in [9.17, 15) is 0 Å². The molecule has 0 spiro atoms. The van der Waals surface area contributed by atoms with Crippen LogP contribution in [0.15, 0.2) is 29.3 Å². The fourth-order valence-corrected chi connectivity index (χ4v) is 1.02. The Labute approximate surface area is 79.3 Å². The molecule has 0 fully saturated rings. The van der Waals surface area contributed by atoms with E-state index in [-0.39, 0.29) is 0 Å². The van der Waals surface area contributed by atoms with Crippen molar-refractivity contribution in [3.63, 3.8) is 0 Å². The quantitative estimate of drug-likeness (QED) is 0.647. The second-order valence-electron chi connectivity index (χ2n) is 2.80. The molecule has 0 aliphatic rings. The van der Waals surface area contributed by atoms with Crippen LogP contribution in [-0.4, -0.2) is 19.9 Å². The van der Waals surface area contributed by atoms with Gasteiger partial charge in [-0.25, -0.2) is 0 Å². The van der Waals surface area contributed by atoms with E-state index in [1.807, 2.05) is 30.5 Å². The van der Waals surface area contributed by atoms with E-state index in [1.54, 1.807) is 7.05 Å². The molecule has 1 rings (SSSR count). The van der Waals surface area contributed by atoms with Gasteiger partial charge >= 0.3 is 0 Å². The summed E-state index contributed by atoms with van der Waals surface area (Å²) in [5.74, 6) is 0.926. The highest BCUT2D eigenvalue weighted by Gasteiger charge is 1.91. The third-order valence-corrected chi connectivity index (χ3v) is 1.63. The monoisotopic (exact) mass is 177 g/mol. The lowest BCUT2D eigenvalue weighted by Gasteiger charge is -2.03. The van der Waals surface area contributed by atoms with Crippen LogP contribution in [0.3, 0.4) is 0 Å². The van der Waals surface area contributed by atoms with Crippen molar-refractivity contribution in [3.05, 3.63) is 29.8 Å². The van der Waals surface area contributed by atoms with Gasteiger partial charge in [0.2, 0.25) is 0 Å². The minimum absolute atomic E-state index is 0.779. The first kappa shape index (κ1) is 9.78. The molecule has 0 aromatic heterocycles. The molecule has 1 aromatic rings. The molecule has 2 nitrogen and oxygen atoms in total. The van der Waals surface area contributed by atoms with Crippen molar-refractivity contribution in [2.24, 2.45) is 4.99 Å². The molecule has 2 heteroatoms. The van der Waals surface area contributed by atoms with Crippen molar-refractivity contribution in [1.82, 2.24) is 0 Å². The van der Waals surface area contributed by atoms with Gasteiger partial charge in [0.25, 0.3) is 0 Å². The summed E-state index contributed by atoms with van der Waals surface area (Å²) in [5, 5.41) is 0. The topological polar surface area (TPSA) is 21.6 Å². The van der Waals surface area contributed by atoms with E-state index in [2.05, 4.69) is 11.9 Å². The Morgan fingerprint density at radius 1 is 1.31 bits per heavy atom. The summed E-state index contributed by atoms with van der Waals surface area (Å²) in [5.41, 5.74) is 1.10. The molecular weight excluding hydrogens is 162 g/mol. The first-order valence-corrected chi connectivity index (χ1v) is 4.52. The van der Waals surface area contributed by atoms with E-state index in [1.165, 1.54) is 0 Å². The molecule has 0 aliphatic carbocycles. The van der Waals surface area contributed by atoms with Gasteiger partial charge in [0.1, 0.15) is 5.75 Å². The van der Waals surface area contributed by atoms with Gasteiger partial charge in [0.15, 0.2) is 0 Å². The summed E-state index contributed by atoms with van der Waals surface area (Å²) in [6.07, 6.45) is 2.86. The van der Waals surface area contributed by atoms with E-state index >= 15 is 0 Å². The molecule has 70 valence electrons. The largest absolute Gasteiger partial charge is 0.494 e. The van der Waals surface area contributed by atoms with Gasteiger partial charge in [-0.2, -0.15) is 0 Å². The molecule has 0 aliphatic heterocycles. The lowest BCUT2D eigenvalue weighted by molar-refractivity contribution is 0.317. The SMILES string of the molecule is CCCOc1ccc(C=NC)cc1. The van der Waals surface area contributed by atoms with E-state index < -0.39 is 0 Å². The summed E-state index contributed by atoms with van der Waals surface area (Å²) in [7, 11) is 1.77. The zero-order valence-corrected chi connectivity index (χ0v) is 8.16. The lowest BCUT2D eigenvalue weighted by Crippen LogP contribution is -1.94. The van der Waals surface area contributed by atoms with Gasteiger partial charge in [-0.3, -0.25) is 4.99 Å². The summed E-state index contributed by atoms with van der Waals surface area (Å²) in [4.78, 5) is 3.93. The molecule has 0 saturated carbocycles. The Hall–Kier alpha value is -1.31. The first-order valence-electron chi connectivity index (χ1n) is 4.52. The number of hydrogen-bond donors (Lipinski definition) is 0. The standard InChI is InChI=1S/C11H15NO/c1-3-8-13-11-6-4-10(5-7-11)9-12-2/h4-7,9H,3,8H2,1-2H3. The number of benzene rings is 1. The van der Waals surface area contributed by atoms with Crippen LogP contribution < -0.4 is 4.74 Å². The maximum Gasteiger partial charge on any atom is 0.119 e. The minimum atomic E-state index is 0.779. The normalized spacial score (nSPS) is 10.6. The van der Waals surface area contributed by atoms with Gasteiger partial charge in [-0.15, -0.1) is 0 Å². The third kappa shape index (κ3) is 3.28. The van der Waals surface area contributed by atoms with Crippen LogP contribution in [0.5, 0.6) is 5.75 Å². The third-order valence-electron chi connectivity index (χ3n) is 1.63. The Morgan fingerprint density at radius 2 is 2.00 bits per heavy atom. The van der Waals surface area contributed by atoms with Gasteiger partial charge in [0, 0.05) is 13.3 Å². The highest BCUT2D eigenvalue weighted by Crippen LogP contribution is 2.11. The molecule has 0 bridgehead atoms. The average Bonchev–Trinajstić information content (AvgIpc) is 2.17. The minimum Gasteiger partial charge on any atom is -0.494 e. The van der Waals surface area contributed by atoms with Gasteiger partial charge in [-0.1, -0.05) is 6.92 Å². The van der Waals surface area contributed by atoms with Gasteiger partial charge in [0.05, 0.1) is 6.61 Å². The summed E-state index contributed by atoms with van der Waals surface area (Å²) in [6, 6.07) is 7.93. The van der Waals surface area contributed by atoms with Crippen LogP contribution in [0.4, 0.5) is 0 Å². The fourth-order valence-electron chi connectivity index (χ4n) is 1.02. The fraction of sp³-hybridized carbons (Fsp3) is 0.364. The molecule has 1 aromatic carbocycles. The molecule has 0 saturated heterocycles. The maximum atomic E-state index is 5.44. The Kier molecular flexibility index (Phi) is 4.03. The van der Waals surface area contributed by atoms with E-state index in [0.717, 1.165) is 24.3 Å². The summed E-state index contributed by atoms with van der Waals surface area (Å²) in [6.45, 7) is 2.87. The second-order valence-corrected chi connectivity index (χ2v) is 2.80. The van der Waals surface area contributed by atoms with E-state index in [4.69, 9.17) is 4.74 Å². The van der Waals surface area contributed by atoms with Crippen molar-refractivity contribution in [2.75, 3.05) is 13.7 Å². The summed E-state index contributed by atoms with van der Waals surface area (Å²) < 4.78 is 5.44. The molecule has 0 unspecified atom stereocenters. The van der Waals surface area contributed by atoms with Crippen molar-refractivity contribution in [3.8, 4) is 5.75 Å². The van der Waals surface area contributed by atoms with Crippen LogP contribution in [0.25, 0.3) is 0 Å². The number of aliphatic imine (C=N–C) groups is 1. The van der Waals surface area contributed by atoms with Crippen molar-refractivity contribution in [2.45, 2.75) is 13.3 Å². The average molecular weight is 177 g/mol. The van der Waals surface area contributed by atoms with Gasteiger partial charge < -0.3 is 4.74 Å². The van der Waals surface area contributed by atoms with Crippen LogP contribution >= 0.6 is 0 Å². The number of nitrogens with zero attached hydrogens (tertiary/aromatic N) is 1. The second kappa shape index (κ2) is 5.36. The van der Waals surface area contributed by atoms with Crippen LogP contribution in [-0.2, 0) is 0 Å². The van der Waals surface area contributed by atoms with E-state index in [0.29, 0.717) is 0 Å². The number of ether oxygens (including phenoxy) is 1. The van der Waals surface area contributed by atoms with Crippen LogP contribution in [0.2, 0.25) is 0 Å². The molecule has 0 amide bonds. The molecule has 0 heterocycles. The maximum absolute atomic E-state index is 5.44. The summed E-state index contributed by atoms with van der Waals surface area (Å²) >= 11 is 0. The zero-order chi connectivity index (χ0) is 9.52. The zero-order valence-electron chi connectivity index (χ0n) is 8.16. The predicted molar refractivity (Wildman–Crippen MR) is 55.7 cm³/mol. The predicted octanol–water partition coefficient (Wildman–Crippen LogP) is 2.52. The molecule has 0 atom stereocenters. The lowest BCUT2D eigenvalue weighted by atomic mass is 10.2. The Bertz CT molecular complexity index is 264. The van der Waals surface area contributed by atoms with Crippen molar-refractivity contribution < 1.29 is 4.74 Å². The molecule has 0 radical (unpaired) electrons. The highest BCUT2D eigenvalue weighted by atomic mass is 16.5. The smallest absolute Gasteiger partial charge is 0.119 e. The molecule has 0 N–H and O–H groups in total.